The first-order chi connectivity index (χ1) is 9.10. The lowest BCUT2D eigenvalue weighted by Gasteiger charge is -2.37. The number of nitrogens with zero attached hydrogens (tertiary/aromatic N) is 3. The summed E-state index contributed by atoms with van der Waals surface area (Å²) in [6.45, 7) is 9.08. The molecule has 2 rings (SSSR count). The Labute approximate surface area is 114 Å². The van der Waals surface area contributed by atoms with Crippen LogP contribution >= 0.6 is 0 Å². The van der Waals surface area contributed by atoms with E-state index in [-0.39, 0.29) is 5.82 Å². The van der Waals surface area contributed by atoms with Gasteiger partial charge in [0.2, 0.25) is 0 Å². The summed E-state index contributed by atoms with van der Waals surface area (Å²) in [5, 5.41) is 9.05. The lowest BCUT2D eigenvalue weighted by atomic mass is 10.1. The largest absolute Gasteiger partial charge is 0.298 e. The van der Waals surface area contributed by atoms with Crippen LogP contribution in [0.2, 0.25) is 0 Å². The molecule has 4 heteroatoms. The maximum Gasteiger partial charge on any atom is 0.123 e. The normalized spacial score (nSPS) is 17.6. The molecule has 0 bridgehead atoms. The Morgan fingerprint density at radius 1 is 1.26 bits per heavy atom. The van der Waals surface area contributed by atoms with Gasteiger partial charge in [0.1, 0.15) is 5.82 Å². The summed E-state index contributed by atoms with van der Waals surface area (Å²) in [5.74, 6) is -0.269. The van der Waals surface area contributed by atoms with Crippen molar-refractivity contribution in [3.63, 3.8) is 0 Å². The van der Waals surface area contributed by atoms with E-state index in [0.717, 1.165) is 31.7 Å². The summed E-state index contributed by atoms with van der Waals surface area (Å²) in [6, 6.07) is 7.10. The highest BCUT2D eigenvalue weighted by atomic mass is 19.1. The fraction of sp³-hybridized carbons (Fsp3) is 0.533. The second-order valence-corrected chi connectivity index (χ2v) is 5.32. The van der Waals surface area contributed by atoms with E-state index in [1.54, 1.807) is 6.07 Å². The maximum atomic E-state index is 13.3. The van der Waals surface area contributed by atoms with Crippen LogP contribution in [-0.2, 0) is 6.54 Å². The third-order valence-electron chi connectivity index (χ3n) is 3.72. The molecule has 1 aromatic rings. The summed E-state index contributed by atoms with van der Waals surface area (Å²) >= 11 is 0. The van der Waals surface area contributed by atoms with Crippen molar-refractivity contribution in [3.05, 3.63) is 35.1 Å². The highest BCUT2D eigenvalue weighted by molar-refractivity contribution is 5.37. The van der Waals surface area contributed by atoms with Crippen LogP contribution in [0.15, 0.2) is 18.2 Å². The molecular weight excluding hydrogens is 241 g/mol. The molecule has 102 valence electrons. The summed E-state index contributed by atoms with van der Waals surface area (Å²) < 4.78 is 13.3. The summed E-state index contributed by atoms with van der Waals surface area (Å²) in [6.07, 6.45) is 0. The van der Waals surface area contributed by atoms with Crippen molar-refractivity contribution >= 4 is 0 Å². The predicted molar refractivity (Wildman–Crippen MR) is 73.1 cm³/mol. The average Bonchev–Trinajstić information content (AvgIpc) is 2.39. The van der Waals surface area contributed by atoms with Gasteiger partial charge in [-0.3, -0.25) is 9.80 Å². The van der Waals surface area contributed by atoms with Gasteiger partial charge < -0.3 is 0 Å². The number of piperazine rings is 1. The molecule has 0 aromatic heterocycles. The number of rotatable bonds is 3. The first-order valence-electron chi connectivity index (χ1n) is 6.75. The fourth-order valence-corrected chi connectivity index (χ4v) is 2.48. The lowest BCUT2D eigenvalue weighted by molar-refractivity contribution is 0.104. The molecule has 1 saturated heterocycles. The standard InChI is InChI=1S/C15H20FN3/c1-12(2)19-7-5-18(6-8-19)11-14-9-15(16)4-3-13(14)10-17/h3-4,9,12H,5-8,11H2,1-2H3. The highest BCUT2D eigenvalue weighted by Crippen LogP contribution is 2.15. The van der Waals surface area contributed by atoms with Crippen LogP contribution in [0.25, 0.3) is 0 Å². The van der Waals surface area contributed by atoms with Crippen molar-refractivity contribution in [2.45, 2.75) is 26.4 Å². The fourth-order valence-electron chi connectivity index (χ4n) is 2.48. The number of benzene rings is 1. The Bertz CT molecular complexity index is 471. The summed E-state index contributed by atoms with van der Waals surface area (Å²) in [7, 11) is 0. The van der Waals surface area contributed by atoms with Gasteiger partial charge in [0.05, 0.1) is 11.6 Å². The third-order valence-corrected chi connectivity index (χ3v) is 3.72. The quantitative estimate of drug-likeness (QED) is 0.836. The number of halogens is 1. The first kappa shape index (κ1) is 14.0. The van der Waals surface area contributed by atoms with Gasteiger partial charge in [-0.05, 0) is 37.6 Å². The van der Waals surface area contributed by atoms with Gasteiger partial charge in [0, 0.05) is 38.8 Å². The zero-order valence-corrected chi connectivity index (χ0v) is 11.6. The van der Waals surface area contributed by atoms with E-state index in [1.807, 2.05) is 0 Å². The molecule has 3 nitrogen and oxygen atoms in total. The van der Waals surface area contributed by atoms with E-state index in [1.165, 1.54) is 12.1 Å². The van der Waals surface area contributed by atoms with E-state index < -0.39 is 0 Å². The van der Waals surface area contributed by atoms with Crippen molar-refractivity contribution in [2.24, 2.45) is 0 Å². The Balaban J connectivity index is 2.00. The number of nitriles is 1. The van der Waals surface area contributed by atoms with Crippen molar-refractivity contribution in [3.8, 4) is 6.07 Å². The minimum Gasteiger partial charge on any atom is -0.298 e. The molecule has 1 heterocycles. The van der Waals surface area contributed by atoms with Crippen LogP contribution in [0, 0.1) is 17.1 Å². The highest BCUT2D eigenvalue weighted by Gasteiger charge is 2.19. The molecule has 0 N–H and O–H groups in total. The van der Waals surface area contributed by atoms with Crippen LogP contribution < -0.4 is 0 Å². The van der Waals surface area contributed by atoms with Gasteiger partial charge in [0.25, 0.3) is 0 Å². The van der Waals surface area contributed by atoms with E-state index in [0.29, 0.717) is 18.2 Å². The second-order valence-electron chi connectivity index (χ2n) is 5.32. The second kappa shape index (κ2) is 6.14. The monoisotopic (exact) mass is 261 g/mol. The van der Waals surface area contributed by atoms with E-state index in [9.17, 15) is 4.39 Å². The molecular formula is C15H20FN3. The molecule has 0 unspecified atom stereocenters. The van der Waals surface area contributed by atoms with Crippen molar-refractivity contribution < 1.29 is 4.39 Å². The lowest BCUT2D eigenvalue weighted by Crippen LogP contribution is -2.48. The van der Waals surface area contributed by atoms with Gasteiger partial charge in [-0.2, -0.15) is 5.26 Å². The molecule has 0 spiro atoms. The molecule has 0 saturated carbocycles. The molecule has 0 aliphatic carbocycles. The van der Waals surface area contributed by atoms with E-state index in [4.69, 9.17) is 5.26 Å². The van der Waals surface area contributed by atoms with Gasteiger partial charge in [-0.1, -0.05) is 0 Å². The number of hydrogen-bond acceptors (Lipinski definition) is 3. The summed E-state index contributed by atoms with van der Waals surface area (Å²) in [4.78, 5) is 4.72. The molecule has 0 radical (unpaired) electrons. The van der Waals surface area contributed by atoms with Gasteiger partial charge in [-0.25, -0.2) is 4.39 Å². The first-order valence-corrected chi connectivity index (χ1v) is 6.75. The Morgan fingerprint density at radius 3 is 2.53 bits per heavy atom. The molecule has 1 aromatic carbocycles. The van der Waals surface area contributed by atoms with E-state index >= 15 is 0 Å². The van der Waals surface area contributed by atoms with Gasteiger partial charge in [-0.15, -0.1) is 0 Å². The van der Waals surface area contributed by atoms with Crippen molar-refractivity contribution in [1.82, 2.24) is 9.80 Å². The molecule has 19 heavy (non-hydrogen) atoms. The van der Waals surface area contributed by atoms with Gasteiger partial charge in [0.15, 0.2) is 0 Å². The third kappa shape index (κ3) is 3.52. The van der Waals surface area contributed by atoms with Crippen molar-refractivity contribution in [1.29, 1.82) is 5.26 Å². The van der Waals surface area contributed by atoms with Crippen LogP contribution in [0.3, 0.4) is 0 Å². The molecule has 0 amide bonds. The predicted octanol–water partition coefficient (Wildman–Crippen LogP) is 2.22. The number of hydrogen-bond donors (Lipinski definition) is 0. The minimum atomic E-state index is -0.269. The van der Waals surface area contributed by atoms with Crippen LogP contribution in [0.1, 0.15) is 25.0 Å². The van der Waals surface area contributed by atoms with Crippen molar-refractivity contribution in [2.75, 3.05) is 26.2 Å². The molecule has 1 aliphatic heterocycles. The molecule has 1 aliphatic rings. The summed E-state index contributed by atoms with van der Waals surface area (Å²) in [5.41, 5.74) is 1.37. The average molecular weight is 261 g/mol. The topological polar surface area (TPSA) is 30.3 Å². The zero-order chi connectivity index (χ0) is 13.8. The molecule has 0 atom stereocenters. The van der Waals surface area contributed by atoms with Crippen LogP contribution in [0.5, 0.6) is 0 Å². The smallest absolute Gasteiger partial charge is 0.123 e. The zero-order valence-electron chi connectivity index (χ0n) is 11.6. The Kier molecular flexibility index (Phi) is 4.52. The Hall–Kier alpha value is -1.44. The maximum absolute atomic E-state index is 13.3. The van der Waals surface area contributed by atoms with Crippen LogP contribution in [-0.4, -0.2) is 42.0 Å². The Morgan fingerprint density at radius 2 is 1.95 bits per heavy atom. The molecule has 1 fully saturated rings. The van der Waals surface area contributed by atoms with Crippen LogP contribution in [0.4, 0.5) is 4.39 Å². The van der Waals surface area contributed by atoms with Gasteiger partial charge >= 0.3 is 0 Å². The SMILES string of the molecule is CC(C)N1CCN(Cc2cc(F)ccc2C#N)CC1. The minimum absolute atomic E-state index is 0.269. The van der Waals surface area contributed by atoms with E-state index in [2.05, 4.69) is 29.7 Å².